The van der Waals surface area contributed by atoms with Crippen LogP contribution in [0.1, 0.15) is 35.7 Å². The molecule has 0 aliphatic carbocycles. The Labute approximate surface area is 121 Å². The predicted octanol–water partition coefficient (Wildman–Crippen LogP) is 4.14. The maximum absolute atomic E-state index is 10.5. The molecule has 1 N–H and O–H groups in total. The van der Waals surface area contributed by atoms with Gasteiger partial charge in [-0.1, -0.05) is 22.0 Å². The number of rotatable bonds is 4. The molecule has 2 rings (SSSR count). The second-order valence-corrected chi connectivity index (χ2v) is 5.24. The fraction of sp³-hybridized carbons (Fsp3) is 0.333. The van der Waals surface area contributed by atoms with Crippen molar-refractivity contribution in [3.05, 3.63) is 51.4 Å². The minimum absolute atomic E-state index is 0.619. The van der Waals surface area contributed by atoms with E-state index in [1.165, 1.54) is 0 Å². The first kappa shape index (κ1) is 14.2. The Morgan fingerprint density at radius 1 is 1.26 bits per heavy atom. The molecule has 1 heterocycles. The van der Waals surface area contributed by atoms with E-state index in [9.17, 15) is 5.11 Å². The highest BCUT2D eigenvalue weighted by Gasteiger charge is 2.19. The van der Waals surface area contributed by atoms with Crippen LogP contribution < -0.4 is 4.74 Å². The molecule has 0 aliphatic heterocycles. The second-order valence-electron chi connectivity index (χ2n) is 4.39. The van der Waals surface area contributed by atoms with Gasteiger partial charge in [0.05, 0.1) is 6.61 Å². The van der Waals surface area contributed by atoms with Crippen molar-refractivity contribution in [3.63, 3.8) is 0 Å². The molecule has 0 saturated heterocycles. The lowest BCUT2D eigenvalue weighted by atomic mass is 10.0. The predicted molar refractivity (Wildman–Crippen MR) is 77.6 cm³/mol. The summed E-state index contributed by atoms with van der Waals surface area (Å²) in [7, 11) is 0. The van der Waals surface area contributed by atoms with Gasteiger partial charge in [-0.2, -0.15) is 0 Å². The second kappa shape index (κ2) is 5.80. The lowest BCUT2D eigenvalue weighted by Gasteiger charge is -2.13. The summed E-state index contributed by atoms with van der Waals surface area (Å²) >= 11 is 3.48. The lowest BCUT2D eigenvalue weighted by Crippen LogP contribution is -2.01. The number of aryl methyl sites for hydroxylation is 2. The van der Waals surface area contributed by atoms with E-state index in [1.54, 1.807) is 0 Å². The van der Waals surface area contributed by atoms with Gasteiger partial charge in [0.1, 0.15) is 23.4 Å². The average molecular weight is 325 g/mol. The summed E-state index contributed by atoms with van der Waals surface area (Å²) in [6.45, 7) is 6.28. The monoisotopic (exact) mass is 324 g/mol. The van der Waals surface area contributed by atoms with Crippen LogP contribution in [0.15, 0.2) is 33.2 Å². The van der Waals surface area contributed by atoms with Crippen molar-refractivity contribution in [2.24, 2.45) is 0 Å². The Morgan fingerprint density at radius 3 is 2.53 bits per heavy atom. The van der Waals surface area contributed by atoms with Crippen molar-refractivity contribution in [1.82, 2.24) is 0 Å². The SMILES string of the molecule is CCOc1ccc(C(O)c2cc(C)oc2C)c(Br)c1. The van der Waals surface area contributed by atoms with Gasteiger partial charge in [-0.15, -0.1) is 0 Å². The highest BCUT2D eigenvalue weighted by Crippen LogP contribution is 2.33. The fourth-order valence-electron chi connectivity index (χ4n) is 2.08. The highest BCUT2D eigenvalue weighted by molar-refractivity contribution is 9.10. The molecule has 4 heteroatoms. The zero-order valence-corrected chi connectivity index (χ0v) is 12.8. The molecule has 0 saturated carbocycles. The molecule has 19 heavy (non-hydrogen) atoms. The van der Waals surface area contributed by atoms with Crippen molar-refractivity contribution in [2.45, 2.75) is 26.9 Å². The Kier molecular flexibility index (Phi) is 4.32. The van der Waals surface area contributed by atoms with E-state index in [-0.39, 0.29) is 0 Å². The van der Waals surface area contributed by atoms with Crippen LogP contribution >= 0.6 is 15.9 Å². The van der Waals surface area contributed by atoms with Gasteiger partial charge in [-0.3, -0.25) is 0 Å². The molecule has 1 aromatic carbocycles. The van der Waals surface area contributed by atoms with Gasteiger partial charge in [0.2, 0.25) is 0 Å². The van der Waals surface area contributed by atoms with E-state index in [0.717, 1.165) is 32.9 Å². The Hall–Kier alpha value is -1.26. The summed E-state index contributed by atoms with van der Waals surface area (Å²) in [4.78, 5) is 0. The third kappa shape index (κ3) is 3.01. The number of hydrogen-bond donors (Lipinski definition) is 1. The summed E-state index contributed by atoms with van der Waals surface area (Å²) in [5.74, 6) is 2.32. The highest BCUT2D eigenvalue weighted by atomic mass is 79.9. The Morgan fingerprint density at radius 2 is 2.00 bits per heavy atom. The molecule has 0 aliphatic rings. The van der Waals surface area contributed by atoms with Gasteiger partial charge < -0.3 is 14.3 Å². The average Bonchev–Trinajstić information content (AvgIpc) is 2.68. The largest absolute Gasteiger partial charge is 0.494 e. The fourth-order valence-corrected chi connectivity index (χ4v) is 2.65. The number of aliphatic hydroxyl groups is 1. The van der Waals surface area contributed by atoms with Crippen LogP contribution in [0.4, 0.5) is 0 Å². The molecule has 2 aromatic rings. The van der Waals surface area contributed by atoms with Gasteiger partial charge in [0.25, 0.3) is 0 Å². The third-order valence-electron chi connectivity index (χ3n) is 2.95. The first-order valence-corrected chi connectivity index (χ1v) is 6.99. The van der Waals surface area contributed by atoms with E-state index >= 15 is 0 Å². The van der Waals surface area contributed by atoms with Crippen LogP contribution in [0.2, 0.25) is 0 Å². The van der Waals surface area contributed by atoms with Crippen LogP contribution in [0.25, 0.3) is 0 Å². The van der Waals surface area contributed by atoms with Crippen molar-refractivity contribution in [3.8, 4) is 5.75 Å². The van der Waals surface area contributed by atoms with Crippen LogP contribution in [-0.2, 0) is 0 Å². The number of ether oxygens (including phenoxy) is 1. The van der Waals surface area contributed by atoms with E-state index in [2.05, 4.69) is 15.9 Å². The zero-order valence-electron chi connectivity index (χ0n) is 11.2. The molecule has 0 spiro atoms. The molecule has 3 nitrogen and oxygen atoms in total. The van der Waals surface area contributed by atoms with Gasteiger partial charge in [-0.25, -0.2) is 0 Å². The molecule has 0 radical (unpaired) electrons. The molecule has 0 amide bonds. The van der Waals surface area contributed by atoms with E-state index < -0.39 is 6.10 Å². The molecule has 0 fully saturated rings. The van der Waals surface area contributed by atoms with Crippen molar-refractivity contribution in [1.29, 1.82) is 0 Å². The molecule has 102 valence electrons. The quantitative estimate of drug-likeness (QED) is 0.919. The van der Waals surface area contributed by atoms with Gasteiger partial charge in [0.15, 0.2) is 0 Å². The maximum Gasteiger partial charge on any atom is 0.120 e. The first-order chi connectivity index (χ1) is 9.02. The Balaban J connectivity index is 2.33. The van der Waals surface area contributed by atoms with Gasteiger partial charge >= 0.3 is 0 Å². The topological polar surface area (TPSA) is 42.6 Å². The molecule has 1 aromatic heterocycles. The maximum atomic E-state index is 10.5. The van der Waals surface area contributed by atoms with Gasteiger partial charge in [0, 0.05) is 10.0 Å². The molecule has 1 unspecified atom stereocenters. The molecular formula is C15H17BrO3. The summed E-state index contributed by atoms with van der Waals surface area (Å²) in [6, 6.07) is 7.45. The van der Waals surface area contributed by atoms with Crippen LogP contribution in [0.5, 0.6) is 5.75 Å². The minimum atomic E-state index is -0.706. The normalized spacial score (nSPS) is 12.5. The molecule has 0 bridgehead atoms. The van der Waals surface area contributed by atoms with Crippen LogP contribution in [0, 0.1) is 13.8 Å². The first-order valence-electron chi connectivity index (χ1n) is 6.20. The number of benzene rings is 1. The van der Waals surface area contributed by atoms with Gasteiger partial charge in [-0.05, 0) is 44.5 Å². The van der Waals surface area contributed by atoms with E-state index in [4.69, 9.17) is 9.15 Å². The Bertz CT molecular complexity index is 575. The van der Waals surface area contributed by atoms with Crippen molar-refractivity contribution >= 4 is 15.9 Å². The van der Waals surface area contributed by atoms with Crippen LogP contribution in [0.3, 0.4) is 0 Å². The summed E-state index contributed by atoms with van der Waals surface area (Å²) in [6.07, 6.45) is -0.706. The van der Waals surface area contributed by atoms with Crippen LogP contribution in [-0.4, -0.2) is 11.7 Å². The zero-order chi connectivity index (χ0) is 14.0. The van der Waals surface area contributed by atoms with E-state index in [1.807, 2.05) is 45.0 Å². The summed E-state index contributed by atoms with van der Waals surface area (Å²) in [5.41, 5.74) is 1.59. The van der Waals surface area contributed by atoms with Crippen molar-refractivity contribution in [2.75, 3.05) is 6.61 Å². The molecule has 1 atom stereocenters. The lowest BCUT2D eigenvalue weighted by molar-refractivity contribution is 0.217. The summed E-state index contributed by atoms with van der Waals surface area (Å²) < 4.78 is 11.7. The number of hydrogen-bond acceptors (Lipinski definition) is 3. The number of halogens is 1. The standard InChI is InChI=1S/C15H17BrO3/c1-4-18-11-5-6-12(14(16)8-11)15(17)13-7-9(2)19-10(13)3/h5-8,15,17H,4H2,1-3H3. The summed E-state index contributed by atoms with van der Waals surface area (Å²) in [5, 5.41) is 10.5. The van der Waals surface area contributed by atoms with Crippen molar-refractivity contribution < 1.29 is 14.3 Å². The van der Waals surface area contributed by atoms with E-state index in [0.29, 0.717) is 6.61 Å². The number of aliphatic hydroxyl groups excluding tert-OH is 1. The molecular weight excluding hydrogens is 308 g/mol. The smallest absolute Gasteiger partial charge is 0.120 e. The third-order valence-corrected chi connectivity index (χ3v) is 3.64. The number of furan rings is 1. The minimum Gasteiger partial charge on any atom is -0.494 e.